The first-order chi connectivity index (χ1) is 8.51. The summed E-state index contributed by atoms with van der Waals surface area (Å²) in [7, 11) is 1.63. The quantitative estimate of drug-likeness (QED) is 0.869. The van der Waals surface area contributed by atoms with Gasteiger partial charge in [0.1, 0.15) is 0 Å². The normalized spacial score (nSPS) is 19.1. The molecule has 2 rings (SSSR count). The number of halogens is 2. The Labute approximate surface area is 104 Å². The zero-order chi connectivity index (χ0) is 13.3. The first kappa shape index (κ1) is 13.0. The number of carbonyl (C=O) groups is 1. The molecule has 5 heteroatoms. The Balaban J connectivity index is 2.38. The average Bonchev–Trinajstić information content (AvgIpc) is 2.26. The predicted molar refractivity (Wildman–Crippen MR) is 62.1 cm³/mol. The van der Waals surface area contributed by atoms with Gasteiger partial charge in [0.15, 0.2) is 11.6 Å². The molecule has 18 heavy (non-hydrogen) atoms. The molecule has 1 unspecified atom stereocenters. The van der Waals surface area contributed by atoms with E-state index in [1.54, 1.807) is 7.05 Å². The summed E-state index contributed by atoms with van der Waals surface area (Å²) in [5.74, 6) is -2.77. The number of hydrogen-bond acceptors (Lipinski definition) is 2. The summed E-state index contributed by atoms with van der Waals surface area (Å²) < 4.78 is 26.1. The Morgan fingerprint density at radius 1 is 1.39 bits per heavy atom. The lowest BCUT2D eigenvalue weighted by molar-refractivity contribution is -0.157. The number of carboxylic acid groups (broad SMARTS) is 1. The highest BCUT2D eigenvalue weighted by Crippen LogP contribution is 2.50. The van der Waals surface area contributed by atoms with Gasteiger partial charge in [0, 0.05) is 6.04 Å². The van der Waals surface area contributed by atoms with Crippen LogP contribution < -0.4 is 5.32 Å². The van der Waals surface area contributed by atoms with Crippen molar-refractivity contribution in [3.8, 4) is 0 Å². The fraction of sp³-hybridized carbons (Fsp3) is 0.462. The molecule has 1 aromatic carbocycles. The molecular formula is C13H15F2NO2. The summed E-state index contributed by atoms with van der Waals surface area (Å²) in [6, 6.07) is 3.03. The van der Waals surface area contributed by atoms with E-state index in [2.05, 4.69) is 5.32 Å². The van der Waals surface area contributed by atoms with Crippen molar-refractivity contribution in [3.63, 3.8) is 0 Å². The Morgan fingerprint density at radius 3 is 2.44 bits per heavy atom. The maximum Gasteiger partial charge on any atom is 0.311 e. The molecule has 0 saturated heterocycles. The Hall–Kier alpha value is -1.49. The van der Waals surface area contributed by atoms with Crippen molar-refractivity contribution in [1.82, 2.24) is 5.32 Å². The maximum atomic E-state index is 13.2. The highest BCUT2D eigenvalue weighted by Gasteiger charge is 2.50. The van der Waals surface area contributed by atoms with Gasteiger partial charge in [0.2, 0.25) is 0 Å². The van der Waals surface area contributed by atoms with Crippen LogP contribution in [0.15, 0.2) is 18.2 Å². The first-order valence-corrected chi connectivity index (χ1v) is 5.87. The molecule has 1 aromatic rings. The van der Waals surface area contributed by atoms with Gasteiger partial charge in [-0.1, -0.05) is 12.5 Å². The van der Waals surface area contributed by atoms with E-state index in [4.69, 9.17) is 0 Å². The van der Waals surface area contributed by atoms with Crippen LogP contribution in [0, 0.1) is 17.0 Å². The monoisotopic (exact) mass is 255 g/mol. The number of hydrogen-bond donors (Lipinski definition) is 2. The molecule has 0 radical (unpaired) electrons. The van der Waals surface area contributed by atoms with Crippen molar-refractivity contribution in [3.05, 3.63) is 35.4 Å². The SMILES string of the molecule is CNC(c1ccc(F)c(F)c1)C1(C(=O)O)CCC1. The maximum absolute atomic E-state index is 13.2. The zero-order valence-corrected chi connectivity index (χ0v) is 10.0. The summed E-state index contributed by atoms with van der Waals surface area (Å²) >= 11 is 0. The predicted octanol–water partition coefficient (Wildman–Crippen LogP) is 2.48. The summed E-state index contributed by atoms with van der Waals surface area (Å²) in [5.41, 5.74) is -0.433. The van der Waals surface area contributed by atoms with Crippen LogP contribution in [0.2, 0.25) is 0 Å². The van der Waals surface area contributed by atoms with Crippen LogP contribution in [0.4, 0.5) is 8.78 Å². The molecule has 0 amide bonds. The van der Waals surface area contributed by atoms with E-state index in [0.29, 0.717) is 18.4 Å². The van der Waals surface area contributed by atoms with Gasteiger partial charge < -0.3 is 10.4 Å². The fourth-order valence-corrected chi connectivity index (χ4v) is 2.64. The van der Waals surface area contributed by atoms with Gasteiger partial charge >= 0.3 is 5.97 Å². The van der Waals surface area contributed by atoms with Crippen LogP contribution in [-0.4, -0.2) is 18.1 Å². The van der Waals surface area contributed by atoms with Gasteiger partial charge in [-0.15, -0.1) is 0 Å². The van der Waals surface area contributed by atoms with Gasteiger partial charge in [0.05, 0.1) is 5.41 Å². The Morgan fingerprint density at radius 2 is 2.06 bits per heavy atom. The lowest BCUT2D eigenvalue weighted by Crippen LogP contribution is -2.47. The standard InChI is InChI=1S/C13H15F2NO2/c1-16-11(13(12(17)18)5-2-6-13)8-3-4-9(14)10(15)7-8/h3-4,7,11,16H,2,5-6H2,1H3,(H,17,18). The molecular weight excluding hydrogens is 240 g/mol. The molecule has 1 aliphatic rings. The van der Waals surface area contributed by atoms with Crippen molar-refractivity contribution < 1.29 is 18.7 Å². The number of benzene rings is 1. The van der Waals surface area contributed by atoms with Gasteiger partial charge in [-0.3, -0.25) is 4.79 Å². The highest BCUT2D eigenvalue weighted by molar-refractivity contribution is 5.77. The number of nitrogens with one attached hydrogen (secondary N) is 1. The smallest absolute Gasteiger partial charge is 0.311 e. The molecule has 1 saturated carbocycles. The van der Waals surface area contributed by atoms with Crippen molar-refractivity contribution in [2.75, 3.05) is 7.05 Å². The molecule has 0 aromatic heterocycles. The second-order valence-electron chi connectivity index (χ2n) is 4.71. The van der Waals surface area contributed by atoms with E-state index in [0.717, 1.165) is 18.6 Å². The number of carboxylic acids is 1. The third-order valence-corrected chi connectivity index (χ3v) is 3.79. The van der Waals surface area contributed by atoms with Crippen LogP contribution in [0.3, 0.4) is 0 Å². The van der Waals surface area contributed by atoms with Gasteiger partial charge in [-0.2, -0.15) is 0 Å². The van der Waals surface area contributed by atoms with Crippen molar-refractivity contribution in [1.29, 1.82) is 0 Å². The Bertz CT molecular complexity index is 472. The van der Waals surface area contributed by atoms with Crippen LogP contribution in [-0.2, 0) is 4.79 Å². The van der Waals surface area contributed by atoms with Crippen molar-refractivity contribution >= 4 is 5.97 Å². The van der Waals surface area contributed by atoms with E-state index < -0.39 is 29.1 Å². The van der Waals surface area contributed by atoms with E-state index >= 15 is 0 Å². The zero-order valence-electron chi connectivity index (χ0n) is 10.0. The summed E-state index contributed by atoms with van der Waals surface area (Å²) in [4.78, 5) is 11.4. The molecule has 1 atom stereocenters. The minimum Gasteiger partial charge on any atom is -0.481 e. The third kappa shape index (κ3) is 1.88. The Kier molecular flexibility index (Phi) is 3.34. The molecule has 1 fully saturated rings. The second kappa shape index (κ2) is 4.65. The highest BCUT2D eigenvalue weighted by atomic mass is 19.2. The second-order valence-corrected chi connectivity index (χ2v) is 4.71. The van der Waals surface area contributed by atoms with Crippen molar-refractivity contribution in [2.45, 2.75) is 25.3 Å². The molecule has 2 N–H and O–H groups in total. The van der Waals surface area contributed by atoms with Crippen LogP contribution in [0.1, 0.15) is 30.9 Å². The van der Waals surface area contributed by atoms with Gasteiger partial charge in [0.25, 0.3) is 0 Å². The molecule has 0 spiro atoms. The van der Waals surface area contributed by atoms with Crippen LogP contribution >= 0.6 is 0 Å². The lowest BCUT2D eigenvalue weighted by Gasteiger charge is -2.44. The van der Waals surface area contributed by atoms with Gasteiger partial charge in [-0.25, -0.2) is 8.78 Å². The van der Waals surface area contributed by atoms with Gasteiger partial charge in [-0.05, 0) is 37.6 Å². The molecule has 0 heterocycles. The number of aliphatic carboxylic acids is 1. The summed E-state index contributed by atoms with van der Waals surface area (Å²) in [6.07, 6.45) is 1.94. The van der Waals surface area contributed by atoms with Crippen molar-refractivity contribution in [2.24, 2.45) is 5.41 Å². The molecule has 0 aliphatic heterocycles. The minimum absolute atomic E-state index is 0.471. The summed E-state index contributed by atoms with van der Waals surface area (Å²) in [5, 5.41) is 12.3. The van der Waals surface area contributed by atoms with E-state index in [1.165, 1.54) is 6.07 Å². The first-order valence-electron chi connectivity index (χ1n) is 5.87. The van der Waals surface area contributed by atoms with E-state index in [9.17, 15) is 18.7 Å². The summed E-state index contributed by atoms with van der Waals surface area (Å²) in [6.45, 7) is 0. The molecule has 0 bridgehead atoms. The molecule has 3 nitrogen and oxygen atoms in total. The average molecular weight is 255 g/mol. The topological polar surface area (TPSA) is 49.3 Å². The lowest BCUT2D eigenvalue weighted by atomic mass is 9.62. The minimum atomic E-state index is -0.951. The largest absolute Gasteiger partial charge is 0.481 e. The van der Waals surface area contributed by atoms with E-state index in [1.807, 2.05) is 0 Å². The number of rotatable bonds is 4. The third-order valence-electron chi connectivity index (χ3n) is 3.79. The molecule has 98 valence electrons. The molecule has 1 aliphatic carbocycles. The fourth-order valence-electron chi connectivity index (χ4n) is 2.64. The van der Waals surface area contributed by atoms with Crippen LogP contribution in [0.5, 0.6) is 0 Å². The van der Waals surface area contributed by atoms with E-state index in [-0.39, 0.29) is 0 Å². The van der Waals surface area contributed by atoms with Crippen LogP contribution in [0.25, 0.3) is 0 Å².